The SMILES string of the molecule is CNc1cncc(NCC(C)S(C)=O)n1. The summed E-state index contributed by atoms with van der Waals surface area (Å²) in [7, 11) is 0.972. The summed E-state index contributed by atoms with van der Waals surface area (Å²) in [6.45, 7) is 2.56. The Morgan fingerprint density at radius 1 is 1.47 bits per heavy atom. The third-order valence-corrected chi connectivity index (χ3v) is 3.33. The summed E-state index contributed by atoms with van der Waals surface area (Å²) >= 11 is 0. The maximum atomic E-state index is 11.1. The Balaban J connectivity index is 2.53. The normalized spacial score (nSPS) is 14.3. The third kappa shape index (κ3) is 3.83. The van der Waals surface area contributed by atoms with Crippen molar-refractivity contribution in [1.82, 2.24) is 9.97 Å². The molecule has 0 saturated heterocycles. The predicted octanol–water partition coefficient (Wildman–Crippen LogP) is 0.697. The van der Waals surface area contributed by atoms with Gasteiger partial charge in [-0.05, 0) is 6.92 Å². The maximum Gasteiger partial charge on any atom is 0.147 e. The first-order chi connectivity index (χ1) is 7.13. The van der Waals surface area contributed by atoms with E-state index in [1.807, 2.05) is 6.92 Å². The molecule has 0 aromatic carbocycles. The van der Waals surface area contributed by atoms with Crippen LogP contribution in [0.4, 0.5) is 11.6 Å². The summed E-state index contributed by atoms with van der Waals surface area (Å²) in [5.74, 6) is 1.41. The maximum absolute atomic E-state index is 11.1. The van der Waals surface area contributed by atoms with Crippen LogP contribution in [0.2, 0.25) is 0 Å². The Bertz CT molecular complexity index is 345. The minimum absolute atomic E-state index is 0.102. The van der Waals surface area contributed by atoms with Crippen molar-refractivity contribution >= 4 is 22.4 Å². The quantitative estimate of drug-likeness (QED) is 0.776. The molecule has 0 radical (unpaired) electrons. The van der Waals surface area contributed by atoms with E-state index < -0.39 is 10.8 Å². The van der Waals surface area contributed by atoms with Gasteiger partial charge in [0.05, 0.1) is 12.4 Å². The number of hydrogen-bond donors (Lipinski definition) is 2. The van der Waals surface area contributed by atoms with E-state index in [1.54, 1.807) is 25.7 Å². The van der Waals surface area contributed by atoms with Crippen molar-refractivity contribution in [2.75, 3.05) is 30.5 Å². The summed E-state index contributed by atoms with van der Waals surface area (Å²) in [4.78, 5) is 8.25. The van der Waals surface area contributed by atoms with Crippen molar-refractivity contribution in [2.45, 2.75) is 12.2 Å². The van der Waals surface area contributed by atoms with Gasteiger partial charge in [-0.25, -0.2) is 4.98 Å². The first kappa shape index (κ1) is 11.9. The van der Waals surface area contributed by atoms with Crippen LogP contribution >= 0.6 is 0 Å². The zero-order valence-electron chi connectivity index (χ0n) is 9.15. The lowest BCUT2D eigenvalue weighted by atomic mass is 10.4. The monoisotopic (exact) mass is 228 g/mol. The van der Waals surface area contributed by atoms with Gasteiger partial charge >= 0.3 is 0 Å². The zero-order valence-corrected chi connectivity index (χ0v) is 9.97. The van der Waals surface area contributed by atoms with Crippen LogP contribution in [0.5, 0.6) is 0 Å². The average molecular weight is 228 g/mol. The molecule has 0 spiro atoms. The topological polar surface area (TPSA) is 66.9 Å². The van der Waals surface area contributed by atoms with Crippen LogP contribution in [0.15, 0.2) is 12.4 Å². The van der Waals surface area contributed by atoms with Crippen LogP contribution in [-0.4, -0.2) is 39.3 Å². The molecule has 0 aliphatic carbocycles. The number of nitrogens with zero attached hydrogens (tertiary/aromatic N) is 2. The Kier molecular flexibility index (Phi) is 4.48. The highest BCUT2D eigenvalue weighted by Gasteiger charge is 2.06. The standard InChI is InChI=1S/C9H16N4OS/c1-7(15(3)14)4-12-9-6-11-5-8(10-2)13-9/h5-7H,4H2,1-3H3,(H2,10,12,13). The van der Waals surface area contributed by atoms with Gasteiger partial charge in [0.2, 0.25) is 0 Å². The van der Waals surface area contributed by atoms with Crippen LogP contribution in [0, 0.1) is 0 Å². The van der Waals surface area contributed by atoms with Gasteiger partial charge in [0.25, 0.3) is 0 Å². The lowest BCUT2D eigenvalue weighted by Gasteiger charge is -2.10. The second-order valence-corrected chi connectivity index (χ2v) is 5.03. The van der Waals surface area contributed by atoms with Crippen LogP contribution < -0.4 is 10.6 Å². The molecule has 1 aromatic rings. The van der Waals surface area contributed by atoms with Crippen LogP contribution in [-0.2, 0) is 10.8 Å². The average Bonchev–Trinajstić information content (AvgIpc) is 2.26. The molecule has 84 valence electrons. The Labute approximate surface area is 92.2 Å². The van der Waals surface area contributed by atoms with Crippen molar-refractivity contribution in [1.29, 1.82) is 0 Å². The number of anilines is 2. The summed E-state index contributed by atoms with van der Waals surface area (Å²) in [5, 5.41) is 6.10. The summed E-state index contributed by atoms with van der Waals surface area (Å²) in [6, 6.07) is 0. The molecule has 2 N–H and O–H groups in total. The minimum atomic E-state index is -0.817. The highest BCUT2D eigenvalue weighted by molar-refractivity contribution is 7.84. The van der Waals surface area contributed by atoms with E-state index in [1.165, 1.54) is 0 Å². The molecule has 1 rings (SSSR count). The molecule has 0 aliphatic heterocycles. The molecule has 2 unspecified atom stereocenters. The molecule has 0 aliphatic rings. The van der Waals surface area contributed by atoms with Crippen LogP contribution in [0.1, 0.15) is 6.92 Å². The molecular weight excluding hydrogens is 212 g/mol. The van der Waals surface area contributed by atoms with Gasteiger partial charge in [-0.1, -0.05) is 0 Å². The van der Waals surface area contributed by atoms with Gasteiger partial charge in [-0.3, -0.25) is 9.19 Å². The first-order valence-electron chi connectivity index (χ1n) is 4.69. The van der Waals surface area contributed by atoms with Gasteiger partial charge in [-0.2, -0.15) is 0 Å². The van der Waals surface area contributed by atoms with E-state index in [4.69, 9.17) is 0 Å². The predicted molar refractivity (Wildman–Crippen MR) is 63.6 cm³/mol. The minimum Gasteiger partial charge on any atom is -0.372 e. The van der Waals surface area contributed by atoms with E-state index in [-0.39, 0.29) is 5.25 Å². The van der Waals surface area contributed by atoms with E-state index in [0.717, 1.165) is 0 Å². The lowest BCUT2D eigenvalue weighted by molar-refractivity contribution is 0.679. The van der Waals surface area contributed by atoms with Crippen molar-refractivity contribution < 1.29 is 4.21 Å². The molecule has 0 fully saturated rings. The molecule has 0 bridgehead atoms. The second kappa shape index (κ2) is 5.65. The van der Waals surface area contributed by atoms with Gasteiger partial charge in [0.15, 0.2) is 0 Å². The van der Waals surface area contributed by atoms with E-state index in [2.05, 4.69) is 20.6 Å². The van der Waals surface area contributed by atoms with Gasteiger partial charge in [0, 0.05) is 35.9 Å². The number of rotatable bonds is 5. The Morgan fingerprint density at radius 2 is 2.13 bits per heavy atom. The number of hydrogen-bond acceptors (Lipinski definition) is 5. The molecule has 0 saturated carbocycles. The molecular formula is C9H16N4OS. The third-order valence-electron chi connectivity index (χ3n) is 2.03. The van der Waals surface area contributed by atoms with E-state index in [9.17, 15) is 4.21 Å². The highest BCUT2D eigenvalue weighted by Crippen LogP contribution is 2.06. The van der Waals surface area contributed by atoms with Gasteiger partial charge < -0.3 is 10.6 Å². The zero-order chi connectivity index (χ0) is 11.3. The molecule has 6 heteroatoms. The van der Waals surface area contributed by atoms with Crippen molar-refractivity contribution in [3.8, 4) is 0 Å². The van der Waals surface area contributed by atoms with Crippen molar-refractivity contribution in [3.63, 3.8) is 0 Å². The fourth-order valence-corrected chi connectivity index (χ4v) is 1.26. The fraction of sp³-hybridized carbons (Fsp3) is 0.556. The molecule has 5 nitrogen and oxygen atoms in total. The molecule has 15 heavy (non-hydrogen) atoms. The number of aromatic nitrogens is 2. The van der Waals surface area contributed by atoms with Crippen LogP contribution in [0.3, 0.4) is 0 Å². The van der Waals surface area contributed by atoms with E-state index in [0.29, 0.717) is 18.2 Å². The van der Waals surface area contributed by atoms with E-state index >= 15 is 0 Å². The van der Waals surface area contributed by atoms with Gasteiger partial charge in [0.1, 0.15) is 11.6 Å². The molecule has 1 aromatic heterocycles. The smallest absolute Gasteiger partial charge is 0.147 e. The molecule has 2 atom stereocenters. The first-order valence-corrected chi connectivity index (χ1v) is 6.31. The lowest BCUT2D eigenvalue weighted by Crippen LogP contribution is -2.21. The van der Waals surface area contributed by atoms with Gasteiger partial charge in [-0.15, -0.1) is 0 Å². The summed E-state index contributed by atoms with van der Waals surface area (Å²) in [6.07, 6.45) is 4.99. The largest absolute Gasteiger partial charge is 0.372 e. The van der Waals surface area contributed by atoms with Crippen molar-refractivity contribution in [2.24, 2.45) is 0 Å². The second-order valence-electron chi connectivity index (χ2n) is 3.23. The Morgan fingerprint density at radius 3 is 2.73 bits per heavy atom. The molecule has 1 heterocycles. The fourth-order valence-electron chi connectivity index (χ4n) is 0.937. The molecule has 0 amide bonds. The van der Waals surface area contributed by atoms with Crippen molar-refractivity contribution in [3.05, 3.63) is 12.4 Å². The Hall–Kier alpha value is -1.17. The van der Waals surface area contributed by atoms with Crippen LogP contribution in [0.25, 0.3) is 0 Å². The summed E-state index contributed by atoms with van der Waals surface area (Å²) < 4.78 is 11.1. The summed E-state index contributed by atoms with van der Waals surface area (Å²) in [5.41, 5.74) is 0. The number of nitrogens with one attached hydrogen (secondary N) is 2. The highest BCUT2D eigenvalue weighted by atomic mass is 32.2.